The average molecular weight is 361 g/mol. The number of rotatable bonds is 4. The molecule has 0 saturated carbocycles. The monoisotopic (exact) mass is 359 g/mol. The third kappa shape index (κ3) is 3.37. The summed E-state index contributed by atoms with van der Waals surface area (Å²) in [6, 6.07) is 9.05. The molecule has 0 saturated heterocycles. The highest BCUT2D eigenvalue weighted by atomic mass is 79.9. The van der Waals surface area contributed by atoms with Gasteiger partial charge >= 0.3 is 0 Å². The van der Waals surface area contributed by atoms with Crippen LogP contribution in [-0.4, -0.2) is 6.54 Å². The van der Waals surface area contributed by atoms with Crippen molar-refractivity contribution >= 4 is 27.5 Å². The van der Waals surface area contributed by atoms with Gasteiger partial charge in [0.1, 0.15) is 0 Å². The third-order valence-corrected chi connectivity index (χ3v) is 3.91. The molecule has 0 aromatic heterocycles. The maximum atomic E-state index is 13.4. The van der Waals surface area contributed by atoms with Gasteiger partial charge in [0, 0.05) is 9.50 Å². The Balaban J connectivity index is 2.49. The predicted molar refractivity (Wildman–Crippen MR) is 81.0 cm³/mol. The van der Waals surface area contributed by atoms with Crippen LogP contribution in [0.1, 0.15) is 24.1 Å². The molecule has 1 atom stereocenters. The quantitative estimate of drug-likeness (QED) is 0.802. The molecule has 106 valence electrons. The molecular weight excluding hydrogens is 348 g/mol. The minimum absolute atomic E-state index is 0.261. The van der Waals surface area contributed by atoms with Crippen LogP contribution < -0.4 is 5.32 Å². The predicted octanol–water partition coefficient (Wildman–Crippen LogP) is 5.08. The van der Waals surface area contributed by atoms with Crippen LogP contribution in [0.4, 0.5) is 8.78 Å². The van der Waals surface area contributed by atoms with Gasteiger partial charge in [-0.1, -0.05) is 40.5 Å². The Hall–Kier alpha value is -0.970. The lowest BCUT2D eigenvalue weighted by molar-refractivity contribution is 0.504. The Labute approximate surface area is 130 Å². The first-order chi connectivity index (χ1) is 9.52. The zero-order chi connectivity index (χ0) is 14.7. The van der Waals surface area contributed by atoms with Gasteiger partial charge in [0.15, 0.2) is 11.6 Å². The first kappa shape index (κ1) is 15.4. The molecule has 0 aliphatic carbocycles. The largest absolute Gasteiger partial charge is 0.306 e. The van der Waals surface area contributed by atoms with E-state index in [4.69, 9.17) is 11.6 Å². The van der Waals surface area contributed by atoms with Gasteiger partial charge in [-0.25, -0.2) is 8.78 Å². The van der Waals surface area contributed by atoms with Crippen LogP contribution in [0.3, 0.4) is 0 Å². The molecule has 0 spiro atoms. The van der Waals surface area contributed by atoms with E-state index < -0.39 is 11.6 Å². The van der Waals surface area contributed by atoms with Crippen molar-refractivity contribution < 1.29 is 8.78 Å². The van der Waals surface area contributed by atoms with E-state index >= 15 is 0 Å². The van der Waals surface area contributed by atoms with Gasteiger partial charge in [-0.05, 0) is 48.0 Å². The van der Waals surface area contributed by atoms with Crippen LogP contribution >= 0.6 is 27.5 Å². The molecule has 5 heteroatoms. The zero-order valence-corrected chi connectivity index (χ0v) is 13.1. The van der Waals surface area contributed by atoms with E-state index in [1.54, 1.807) is 18.2 Å². The van der Waals surface area contributed by atoms with Crippen molar-refractivity contribution in [3.05, 3.63) is 68.7 Å². The van der Waals surface area contributed by atoms with E-state index in [0.717, 1.165) is 16.1 Å². The Morgan fingerprint density at radius 3 is 2.55 bits per heavy atom. The van der Waals surface area contributed by atoms with Gasteiger partial charge in [-0.2, -0.15) is 0 Å². The van der Waals surface area contributed by atoms with Crippen molar-refractivity contribution in [1.29, 1.82) is 0 Å². The van der Waals surface area contributed by atoms with E-state index in [2.05, 4.69) is 21.2 Å². The molecular formula is C15H13BrClF2N. The van der Waals surface area contributed by atoms with Crippen molar-refractivity contribution in [3.63, 3.8) is 0 Å². The Bertz CT molecular complexity index is 619. The zero-order valence-electron chi connectivity index (χ0n) is 10.8. The molecule has 1 unspecified atom stereocenters. The fourth-order valence-corrected chi connectivity index (χ4v) is 2.70. The maximum absolute atomic E-state index is 13.4. The van der Waals surface area contributed by atoms with Crippen LogP contribution in [0.5, 0.6) is 0 Å². The molecule has 0 amide bonds. The lowest BCUT2D eigenvalue weighted by Crippen LogP contribution is -2.22. The van der Waals surface area contributed by atoms with Gasteiger partial charge in [0.25, 0.3) is 0 Å². The molecule has 0 radical (unpaired) electrons. The van der Waals surface area contributed by atoms with Crippen LogP contribution in [-0.2, 0) is 0 Å². The van der Waals surface area contributed by atoms with Gasteiger partial charge in [-0.15, -0.1) is 0 Å². The second kappa shape index (κ2) is 6.66. The standard InChI is InChI=1S/C15H13BrClF2N/c1-2-20-15(9-3-6-13(18)14(19)7-9)11-8-10(17)4-5-12(11)16/h3-8,15,20H,2H2,1H3. The molecule has 0 aliphatic heterocycles. The third-order valence-electron chi connectivity index (χ3n) is 2.95. The van der Waals surface area contributed by atoms with E-state index in [1.807, 2.05) is 13.0 Å². The molecule has 2 rings (SSSR count). The van der Waals surface area contributed by atoms with Crippen molar-refractivity contribution in [2.24, 2.45) is 0 Å². The molecule has 0 fully saturated rings. The van der Waals surface area contributed by atoms with Crippen molar-refractivity contribution in [2.75, 3.05) is 6.54 Å². The minimum Gasteiger partial charge on any atom is -0.306 e. The summed E-state index contributed by atoms with van der Waals surface area (Å²) in [6.07, 6.45) is 0. The summed E-state index contributed by atoms with van der Waals surface area (Å²) in [5.74, 6) is -1.71. The molecule has 0 aliphatic rings. The Kier molecular flexibility index (Phi) is 5.13. The van der Waals surface area contributed by atoms with Gasteiger partial charge in [0.2, 0.25) is 0 Å². The molecule has 20 heavy (non-hydrogen) atoms. The molecule has 2 aromatic rings. The molecule has 0 bridgehead atoms. The van der Waals surface area contributed by atoms with Crippen LogP contribution in [0, 0.1) is 11.6 Å². The first-order valence-electron chi connectivity index (χ1n) is 6.16. The van der Waals surface area contributed by atoms with E-state index in [-0.39, 0.29) is 6.04 Å². The SMILES string of the molecule is CCNC(c1ccc(F)c(F)c1)c1cc(Cl)ccc1Br. The fourth-order valence-electron chi connectivity index (χ4n) is 2.04. The molecule has 2 aromatic carbocycles. The van der Waals surface area contributed by atoms with Gasteiger partial charge in [-0.3, -0.25) is 0 Å². The van der Waals surface area contributed by atoms with Crippen LogP contribution in [0.2, 0.25) is 5.02 Å². The van der Waals surface area contributed by atoms with Gasteiger partial charge in [0.05, 0.1) is 6.04 Å². The topological polar surface area (TPSA) is 12.0 Å². The highest BCUT2D eigenvalue weighted by Gasteiger charge is 2.18. The molecule has 1 nitrogen and oxygen atoms in total. The van der Waals surface area contributed by atoms with E-state index in [1.165, 1.54) is 6.07 Å². The van der Waals surface area contributed by atoms with Crippen LogP contribution in [0.15, 0.2) is 40.9 Å². The Morgan fingerprint density at radius 2 is 1.90 bits per heavy atom. The number of benzene rings is 2. The number of nitrogens with one attached hydrogen (secondary N) is 1. The summed E-state index contributed by atoms with van der Waals surface area (Å²) in [5, 5.41) is 3.84. The number of hydrogen-bond donors (Lipinski definition) is 1. The lowest BCUT2D eigenvalue weighted by atomic mass is 9.98. The maximum Gasteiger partial charge on any atom is 0.159 e. The smallest absolute Gasteiger partial charge is 0.159 e. The highest BCUT2D eigenvalue weighted by molar-refractivity contribution is 9.10. The summed E-state index contributed by atoms with van der Waals surface area (Å²) in [4.78, 5) is 0. The average Bonchev–Trinajstić information content (AvgIpc) is 2.42. The fraction of sp³-hybridized carbons (Fsp3) is 0.200. The van der Waals surface area contributed by atoms with Crippen molar-refractivity contribution in [3.8, 4) is 0 Å². The number of hydrogen-bond acceptors (Lipinski definition) is 1. The summed E-state index contributed by atoms with van der Waals surface area (Å²) in [5.41, 5.74) is 1.53. The normalized spacial score (nSPS) is 12.4. The van der Waals surface area contributed by atoms with Crippen molar-refractivity contribution in [1.82, 2.24) is 5.32 Å². The van der Waals surface area contributed by atoms with Gasteiger partial charge < -0.3 is 5.32 Å². The van der Waals surface area contributed by atoms with Crippen LogP contribution in [0.25, 0.3) is 0 Å². The summed E-state index contributed by atoms with van der Waals surface area (Å²) in [7, 11) is 0. The van der Waals surface area contributed by atoms with E-state index in [9.17, 15) is 8.78 Å². The summed E-state index contributed by atoms with van der Waals surface area (Å²) in [6.45, 7) is 2.63. The lowest BCUT2D eigenvalue weighted by Gasteiger charge is -2.20. The second-order valence-electron chi connectivity index (χ2n) is 4.33. The minimum atomic E-state index is -0.858. The second-order valence-corrected chi connectivity index (χ2v) is 5.62. The number of halogens is 4. The van der Waals surface area contributed by atoms with Crippen molar-refractivity contribution in [2.45, 2.75) is 13.0 Å². The highest BCUT2D eigenvalue weighted by Crippen LogP contribution is 2.31. The summed E-state index contributed by atoms with van der Waals surface area (Å²) >= 11 is 9.49. The molecule has 0 heterocycles. The first-order valence-corrected chi connectivity index (χ1v) is 7.33. The Morgan fingerprint density at radius 1 is 1.15 bits per heavy atom. The summed E-state index contributed by atoms with van der Waals surface area (Å²) < 4.78 is 27.4. The molecule has 1 N–H and O–H groups in total. The van der Waals surface area contributed by atoms with E-state index in [0.29, 0.717) is 17.1 Å².